The number of aliphatic carboxylic acids is 1. The molecule has 0 aliphatic carbocycles. The standard InChI is InChI=1S/C15H12ClFN2O2S/c16-12-8-11(5-6-13(12)17)19-15(22)18-10-3-1-9(2-4-10)7-14(20)21/h1-6,8H,7H2,(H,20,21)(H2,18,19,22). The lowest BCUT2D eigenvalue weighted by molar-refractivity contribution is -0.136. The molecule has 114 valence electrons. The van der Waals surface area contributed by atoms with Crippen molar-refractivity contribution in [3.8, 4) is 0 Å². The van der Waals surface area contributed by atoms with Crippen LogP contribution in [0.3, 0.4) is 0 Å². The Balaban J connectivity index is 1.96. The maximum atomic E-state index is 13.1. The highest BCUT2D eigenvalue weighted by Crippen LogP contribution is 2.19. The van der Waals surface area contributed by atoms with Crippen LogP contribution in [0.5, 0.6) is 0 Å². The smallest absolute Gasteiger partial charge is 0.307 e. The lowest BCUT2D eigenvalue weighted by atomic mass is 10.1. The van der Waals surface area contributed by atoms with E-state index >= 15 is 0 Å². The molecule has 0 aliphatic rings. The number of anilines is 2. The Kier molecular flexibility index (Phi) is 5.30. The van der Waals surface area contributed by atoms with E-state index in [2.05, 4.69) is 10.6 Å². The minimum atomic E-state index is -0.883. The van der Waals surface area contributed by atoms with E-state index in [-0.39, 0.29) is 11.4 Å². The number of benzene rings is 2. The summed E-state index contributed by atoms with van der Waals surface area (Å²) in [5.41, 5.74) is 1.97. The second-order valence-electron chi connectivity index (χ2n) is 4.48. The highest BCUT2D eigenvalue weighted by atomic mass is 35.5. The van der Waals surface area contributed by atoms with Crippen molar-refractivity contribution in [2.24, 2.45) is 0 Å². The Bertz CT molecular complexity index is 707. The second-order valence-corrected chi connectivity index (χ2v) is 5.29. The molecule has 0 saturated carbocycles. The van der Waals surface area contributed by atoms with Crippen molar-refractivity contribution in [1.29, 1.82) is 0 Å². The Labute approximate surface area is 136 Å². The molecule has 7 heteroatoms. The molecule has 4 nitrogen and oxygen atoms in total. The van der Waals surface area contributed by atoms with Crippen molar-refractivity contribution in [3.63, 3.8) is 0 Å². The van der Waals surface area contributed by atoms with Crippen molar-refractivity contribution < 1.29 is 14.3 Å². The number of carbonyl (C=O) groups is 1. The van der Waals surface area contributed by atoms with Crippen LogP contribution >= 0.6 is 23.8 Å². The molecule has 22 heavy (non-hydrogen) atoms. The van der Waals surface area contributed by atoms with Crippen LogP contribution in [0, 0.1) is 5.82 Å². The number of nitrogens with one attached hydrogen (secondary N) is 2. The van der Waals surface area contributed by atoms with E-state index in [1.807, 2.05) is 0 Å². The third-order valence-electron chi connectivity index (χ3n) is 2.74. The van der Waals surface area contributed by atoms with Gasteiger partial charge in [0, 0.05) is 11.4 Å². The van der Waals surface area contributed by atoms with Crippen LogP contribution in [0.2, 0.25) is 5.02 Å². The van der Waals surface area contributed by atoms with E-state index in [1.165, 1.54) is 18.2 Å². The predicted octanol–water partition coefficient (Wildman–Crippen LogP) is 3.92. The van der Waals surface area contributed by atoms with Crippen LogP contribution in [-0.4, -0.2) is 16.2 Å². The van der Waals surface area contributed by atoms with Crippen LogP contribution in [0.1, 0.15) is 5.56 Å². The first-order valence-electron chi connectivity index (χ1n) is 6.28. The molecule has 0 saturated heterocycles. The maximum absolute atomic E-state index is 13.1. The second kappa shape index (κ2) is 7.20. The molecule has 2 aromatic rings. The van der Waals surface area contributed by atoms with Gasteiger partial charge in [0.05, 0.1) is 11.4 Å². The molecule has 0 fully saturated rings. The van der Waals surface area contributed by atoms with Crippen LogP contribution in [0.4, 0.5) is 15.8 Å². The molecule has 2 rings (SSSR count). The zero-order chi connectivity index (χ0) is 16.1. The normalized spacial score (nSPS) is 10.1. The third-order valence-corrected chi connectivity index (χ3v) is 3.24. The monoisotopic (exact) mass is 338 g/mol. The van der Waals surface area contributed by atoms with Gasteiger partial charge in [0.25, 0.3) is 0 Å². The molecule has 0 unspecified atom stereocenters. The number of halogens is 2. The summed E-state index contributed by atoms with van der Waals surface area (Å²) in [5.74, 6) is -1.38. The van der Waals surface area contributed by atoms with Crippen molar-refractivity contribution >= 4 is 46.3 Å². The molecule has 0 aromatic heterocycles. The van der Waals surface area contributed by atoms with Gasteiger partial charge in [-0.05, 0) is 48.1 Å². The summed E-state index contributed by atoms with van der Waals surface area (Å²) in [4.78, 5) is 10.6. The fraction of sp³-hybridized carbons (Fsp3) is 0.0667. The summed E-state index contributed by atoms with van der Waals surface area (Å²) in [6.07, 6.45) is -0.0307. The largest absolute Gasteiger partial charge is 0.481 e. The molecule has 0 aliphatic heterocycles. The molecule has 0 spiro atoms. The van der Waals surface area contributed by atoms with Crippen LogP contribution in [0.25, 0.3) is 0 Å². The van der Waals surface area contributed by atoms with Gasteiger partial charge in [0.2, 0.25) is 0 Å². The van der Waals surface area contributed by atoms with Gasteiger partial charge in [-0.3, -0.25) is 4.79 Å². The fourth-order valence-corrected chi connectivity index (χ4v) is 2.16. The maximum Gasteiger partial charge on any atom is 0.307 e. The quantitative estimate of drug-likeness (QED) is 0.738. The van der Waals surface area contributed by atoms with Gasteiger partial charge >= 0.3 is 5.97 Å². The first kappa shape index (κ1) is 16.2. The molecule has 0 amide bonds. The summed E-state index contributed by atoms with van der Waals surface area (Å²) in [7, 11) is 0. The molecule has 3 N–H and O–H groups in total. The average molecular weight is 339 g/mol. The number of carboxylic acid groups (broad SMARTS) is 1. The fourth-order valence-electron chi connectivity index (χ4n) is 1.75. The summed E-state index contributed by atoms with van der Waals surface area (Å²) in [6, 6.07) is 11.1. The molecule has 0 heterocycles. The molecular formula is C15H12ClFN2O2S. The lowest BCUT2D eigenvalue weighted by Gasteiger charge is -2.11. The molecular weight excluding hydrogens is 327 g/mol. The van der Waals surface area contributed by atoms with Crippen molar-refractivity contribution in [2.75, 3.05) is 10.6 Å². The summed E-state index contributed by atoms with van der Waals surface area (Å²) >= 11 is 10.8. The lowest BCUT2D eigenvalue weighted by Crippen LogP contribution is -2.19. The minimum absolute atomic E-state index is 0.00539. The Morgan fingerprint density at radius 3 is 2.32 bits per heavy atom. The number of hydrogen-bond acceptors (Lipinski definition) is 2. The van der Waals surface area contributed by atoms with Crippen LogP contribution in [-0.2, 0) is 11.2 Å². The first-order valence-corrected chi connectivity index (χ1v) is 7.06. The third kappa shape index (κ3) is 4.68. The average Bonchev–Trinajstić information content (AvgIpc) is 2.44. The Morgan fingerprint density at radius 2 is 1.73 bits per heavy atom. The topological polar surface area (TPSA) is 61.4 Å². The zero-order valence-electron chi connectivity index (χ0n) is 11.3. The van der Waals surface area contributed by atoms with E-state index in [4.69, 9.17) is 28.9 Å². The number of thiocarbonyl (C=S) groups is 1. The van der Waals surface area contributed by atoms with E-state index in [9.17, 15) is 9.18 Å². The SMILES string of the molecule is O=C(O)Cc1ccc(NC(=S)Nc2ccc(F)c(Cl)c2)cc1. The first-order chi connectivity index (χ1) is 10.4. The van der Waals surface area contributed by atoms with Crippen molar-refractivity contribution in [3.05, 3.63) is 58.9 Å². The van der Waals surface area contributed by atoms with Crippen LogP contribution in [0.15, 0.2) is 42.5 Å². The summed E-state index contributed by atoms with van der Waals surface area (Å²) < 4.78 is 13.1. The van der Waals surface area contributed by atoms with Gasteiger partial charge in [-0.15, -0.1) is 0 Å². The highest BCUT2D eigenvalue weighted by Gasteiger charge is 2.04. The predicted molar refractivity (Wildman–Crippen MR) is 89.0 cm³/mol. The van der Waals surface area contributed by atoms with E-state index in [0.717, 1.165) is 0 Å². The van der Waals surface area contributed by atoms with Gasteiger partial charge < -0.3 is 15.7 Å². The molecule has 2 aromatic carbocycles. The van der Waals surface area contributed by atoms with Gasteiger partial charge in [0.15, 0.2) is 5.11 Å². The molecule has 0 radical (unpaired) electrons. The van der Waals surface area contributed by atoms with Gasteiger partial charge in [-0.2, -0.15) is 0 Å². The summed E-state index contributed by atoms with van der Waals surface area (Å²) in [5, 5.41) is 14.8. The zero-order valence-corrected chi connectivity index (χ0v) is 12.8. The number of hydrogen-bond donors (Lipinski definition) is 3. The summed E-state index contributed by atoms with van der Waals surface area (Å²) in [6.45, 7) is 0. The van der Waals surface area contributed by atoms with Gasteiger partial charge in [-0.1, -0.05) is 23.7 Å². The Hall–Kier alpha value is -2.18. The Morgan fingerprint density at radius 1 is 1.14 bits per heavy atom. The minimum Gasteiger partial charge on any atom is -0.481 e. The van der Waals surface area contributed by atoms with E-state index < -0.39 is 11.8 Å². The molecule has 0 atom stereocenters. The van der Waals surface area contributed by atoms with Crippen LogP contribution < -0.4 is 10.6 Å². The number of carboxylic acids is 1. The number of rotatable bonds is 4. The van der Waals surface area contributed by atoms with Gasteiger partial charge in [-0.25, -0.2) is 4.39 Å². The van der Waals surface area contributed by atoms with E-state index in [1.54, 1.807) is 24.3 Å². The van der Waals surface area contributed by atoms with E-state index in [0.29, 0.717) is 22.1 Å². The van der Waals surface area contributed by atoms with Crippen molar-refractivity contribution in [1.82, 2.24) is 0 Å². The molecule has 0 bridgehead atoms. The highest BCUT2D eigenvalue weighted by molar-refractivity contribution is 7.80. The van der Waals surface area contributed by atoms with Crippen molar-refractivity contribution in [2.45, 2.75) is 6.42 Å². The van der Waals surface area contributed by atoms with Gasteiger partial charge in [0.1, 0.15) is 5.82 Å².